The lowest BCUT2D eigenvalue weighted by Crippen LogP contribution is -2.72. The van der Waals surface area contributed by atoms with Gasteiger partial charge >= 0.3 is 0 Å². The number of benzene rings is 1. The zero-order valence-electron chi connectivity index (χ0n) is 18.2. The number of rotatable bonds is 4. The normalized spacial score (nSPS) is 23.1. The highest BCUT2D eigenvalue weighted by Gasteiger charge is 2.30. The van der Waals surface area contributed by atoms with Gasteiger partial charge in [-0.2, -0.15) is 0 Å². The molecule has 4 rings (SSSR count). The molecule has 1 unspecified atom stereocenters. The Hall–Kier alpha value is -1.81. The summed E-state index contributed by atoms with van der Waals surface area (Å²) in [6, 6.07) is 2.18. The minimum atomic E-state index is -0.973. The molecule has 0 bridgehead atoms. The number of anilines is 1. The molecule has 0 saturated heterocycles. The van der Waals surface area contributed by atoms with Crippen LogP contribution in [0.2, 0.25) is 0 Å². The molecule has 0 spiro atoms. The van der Waals surface area contributed by atoms with E-state index in [-0.39, 0.29) is 0 Å². The van der Waals surface area contributed by atoms with Gasteiger partial charge < -0.3 is 15.1 Å². The van der Waals surface area contributed by atoms with Gasteiger partial charge in [-0.1, -0.05) is 6.92 Å². The molecule has 0 aromatic heterocycles. The third kappa shape index (κ3) is 4.37. The minimum Gasteiger partial charge on any atom is -0.507 e. The molecule has 29 heavy (non-hydrogen) atoms. The molecule has 0 fully saturated rings. The summed E-state index contributed by atoms with van der Waals surface area (Å²) in [6.07, 6.45) is 12.4. The first-order valence-corrected chi connectivity index (χ1v) is 11.6. The van der Waals surface area contributed by atoms with Crippen molar-refractivity contribution < 1.29 is 15.2 Å². The van der Waals surface area contributed by atoms with Gasteiger partial charge in [-0.3, -0.25) is 0 Å². The van der Waals surface area contributed by atoms with Gasteiger partial charge in [0.2, 0.25) is 0 Å². The standard InChI is InChI=1S/C25H36N2O2/c1-3-22-19(10-4-6-12-26-22)16-25(2,29)17-20-15-18-9-5-7-13-27-14-8-11-21(23(18)27)24(20)28/h15-16,28-29H,3-14,17H2,1-2H3/p+1/b19-16-. The maximum absolute atomic E-state index is 11.3. The van der Waals surface area contributed by atoms with Crippen molar-refractivity contribution in [3.05, 3.63) is 34.4 Å². The van der Waals surface area contributed by atoms with Crippen molar-refractivity contribution in [2.24, 2.45) is 0 Å². The van der Waals surface area contributed by atoms with Crippen LogP contribution < -0.4 is 9.89 Å². The van der Waals surface area contributed by atoms with Crippen LogP contribution in [0.1, 0.15) is 75.5 Å². The molecule has 3 aliphatic heterocycles. The van der Waals surface area contributed by atoms with Crippen molar-refractivity contribution in [3.63, 3.8) is 0 Å². The second-order valence-electron chi connectivity index (χ2n) is 9.34. The largest absolute Gasteiger partial charge is 0.507 e. The van der Waals surface area contributed by atoms with E-state index in [9.17, 15) is 10.2 Å². The predicted molar refractivity (Wildman–Crippen MR) is 119 cm³/mol. The first-order chi connectivity index (χ1) is 14.0. The van der Waals surface area contributed by atoms with Crippen LogP contribution >= 0.6 is 0 Å². The fourth-order valence-corrected chi connectivity index (χ4v) is 5.47. The van der Waals surface area contributed by atoms with Crippen molar-refractivity contribution in [1.29, 1.82) is 0 Å². The van der Waals surface area contributed by atoms with Gasteiger partial charge in [0.15, 0.2) is 5.71 Å². The van der Waals surface area contributed by atoms with E-state index in [2.05, 4.69) is 22.9 Å². The van der Waals surface area contributed by atoms with Crippen LogP contribution in [0.4, 0.5) is 5.69 Å². The van der Waals surface area contributed by atoms with Gasteiger partial charge in [0, 0.05) is 49.2 Å². The summed E-state index contributed by atoms with van der Waals surface area (Å²) in [4.78, 5) is 6.02. The van der Waals surface area contributed by atoms with Gasteiger partial charge in [-0.15, -0.1) is 0 Å². The minimum absolute atomic E-state index is 0.424. The SMILES string of the molecule is CCC1=[NH+]CCCC/C1=C/C(C)(O)Cc1cc2c3c(c1O)CCCN3CCCC2. The Morgan fingerprint density at radius 3 is 2.72 bits per heavy atom. The monoisotopic (exact) mass is 397 g/mol. The number of nitrogens with one attached hydrogen (secondary N) is 1. The number of phenols is 1. The molecule has 3 heterocycles. The Balaban J connectivity index is 1.67. The molecular formula is C25H37N2O2+. The zero-order valence-corrected chi connectivity index (χ0v) is 18.2. The highest BCUT2D eigenvalue weighted by Crippen LogP contribution is 2.42. The van der Waals surface area contributed by atoms with Crippen LogP contribution in [-0.2, 0) is 19.3 Å². The lowest BCUT2D eigenvalue weighted by atomic mass is 9.86. The molecule has 1 atom stereocenters. The topological polar surface area (TPSA) is 57.7 Å². The van der Waals surface area contributed by atoms with Crippen LogP contribution in [0, 0.1) is 0 Å². The molecule has 4 heteroatoms. The second kappa shape index (κ2) is 8.51. The van der Waals surface area contributed by atoms with Gasteiger partial charge in [0.25, 0.3) is 0 Å². The van der Waals surface area contributed by atoms with Crippen molar-refractivity contribution in [2.75, 3.05) is 24.5 Å². The number of aromatic hydroxyl groups is 1. The summed E-state index contributed by atoms with van der Waals surface area (Å²) in [5.41, 5.74) is 6.22. The first kappa shape index (κ1) is 20.5. The highest BCUT2D eigenvalue weighted by atomic mass is 16.3. The van der Waals surface area contributed by atoms with Crippen molar-refractivity contribution in [2.45, 2.75) is 83.7 Å². The molecule has 0 amide bonds. The summed E-state index contributed by atoms with van der Waals surface area (Å²) in [7, 11) is 0. The van der Waals surface area contributed by atoms with E-state index in [0.29, 0.717) is 12.2 Å². The third-order valence-corrected chi connectivity index (χ3v) is 6.81. The number of aryl methyl sites for hydroxylation is 1. The fraction of sp³-hybridized carbons (Fsp3) is 0.640. The van der Waals surface area contributed by atoms with Gasteiger partial charge in [-0.25, -0.2) is 4.99 Å². The zero-order chi connectivity index (χ0) is 20.4. The Labute approximate surface area is 175 Å². The Morgan fingerprint density at radius 2 is 1.90 bits per heavy atom. The Kier molecular flexibility index (Phi) is 6.00. The van der Waals surface area contributed by atoms with E-state index in [4.69, 9.17) is 0 Å². The summed E-state index contributed by atoms with van der Waals surface area (Å²) in [6.45, 7) is 7.29. The van der Waals surface area contributed by atoms with E-state index in [0.717, 1.165) is 69.3 Å². The summed E-state index contributed by atoms with van der Waals surface area (Å²) < 4.78 is 0. The van der Waals surface area contributed by atoms with Crippen LogP contribution in [0.5, 0.6) is 5.75 Å². The number of nitrogens with zero attached hydrogens (tertiary/aromatic N) is 1. The molecule has 0 radical (unpaired) electrons. The number of aliphatic hydroxyl groups is 1. The molecule has 3 aliphatic rings. The molecule has 1 aromatic rings. The fourth-order valence-electron chi connectivity index (χ4n) is 5.47. The predicted octanol–water partition coefficient (Wildman–Crippen LogP) is 2.82. The second-order valence-corrected chi connectivity index (χ2v) is 9.34. The van der Waals surface area contributed by atoms with E-state index in [1.54, 1.807) is 0 Å². The Bertz CT molecular complexity index is 823. The molecule has 0 saturated carbocycles. The van der Waals surface area contributed by atoms with Crippen molar-refractivity contribution >= 4 is 11.4 Å². The van der Waals surface area contributed by atoms with E-state index >= 15 is 0 Å². The van der Waals surface area contributed by atoms with Gasteiger partial charge in [-0.05, 0) is 75.1 Å². The van der Waals surface area contributed by atoms with Crippen molar-refractivity contribution in [3.8, 4) is 5.75 Å². The number of phenolic OH excluding ortho intramolecular Hbond substituents is 1. The summed E-state index contributed by atoms with van der Waals surface area (Å²) >= 11 is 0. The molecule has 158 valence electrons. The summed E-state index contributed by atoms with van der Waals surface area (Å²) in [5.74, 6) is 0.424. The Morgan fingerprint density at radius 1 is 1.10 bits per heavy atom. The van der Waals surface area contributed by atoms with Crippen LogP contribution in [0.15, 0.2) is 17.7 Å². The molecule has 0 aliphatic carbocycles. The first-order valence-electron chi connectivity index (χ1n) is 11.6. The van der Waals surface area contributed by atoms with Crippen LogP contribution in [0.3, 0.4) is 0 Å². The maximum Gasteiger partial charge on any atom is 0.177 e. The smallest absolute Gasteiger partial charge is 0.177 e. The lowest BCUT2D eigenvalue weighted by molar-refractivity contribution is -0.457. The molecule has 1 aromatic carbocycles. The summed E-state index contributed by atoms with van der Waals surface area (Å²) in [5, 5.41) is 22.4. The molecule has 4 nitrogen and oxygen atoms in total. The average Bonchev–Trinajstić information content (AvgIpc) is 3.04. The third-order valence-electron chi connectivity index (χ3n) is 6.81. The average molecular weight is 398 g/mol. The molecular weight excluding hydrogens is 360 g/mol. The van der Waals surface area contributed by atoms with Gasteiger partial charge in [0.05, 0.1) is 5.60 Å². The highest BCUT2D eigenvalue weighted by molar-refractivity contribution is 5.95. The number of allylic oxidation sites excluding steroid dienone is 1. The quantitative estimate of drug-likeness (QED) is 0.732. The number of hydrogen-bond donors (Lipinski definition) is 3. The maximum atomic E-state index is 11.3. The number of hydrogen-bond acceptors (Lipinski definition) is 3. The van der Waals surface area contributed by atoms with Crippen molar-refractivity contribution in [1.82, 2.24) is 0 Å². The van der Waals surface area contributed by atoms with E-state index in [1.165, 1.54) is 41.8 Å². The van der Waals surface area contributed by atoms with Crippen LogP contribution in [0.25, 0.3) is 0 Å². The van der Waals surface area contributed by atoms with E-state index in [1.807, 2.05) is 13.0 Å². The lowest BCUT2D eigenvalue weighted by Gasteiger charge is -2.33. The van der Waals surface area contributed by atoms with Gasteiger partial charge in [0.1, 0.15) is 12.3 Å². The van der Waals surface area contributed by atoms with E-state index < -0.39 is 5.60 Å². The molecule has 3 N–H and O–H groups in total. The van der Waals surface area contributed by atoms with Crippen LogP contribution in [-0.4, -0.2) is 41.2 Å².